The van der Waals surface area contributed by atoms with Crippen LogP contribution in [0.1, 0.15) is 33.7 Å². The van der Waals surface area contributed by atoms with E-state index in [4.69, 9.17) is 0 Å². The fourth-order valence-corrected chi connectivity index (χ4v) is 3.25. The molecule has 2 N–H and O–H groups in total. The van der Waals surface area contributed by atoms with Gasteiger partial charge in [0.1, 0.15) is 0 Å². The minimum atomic E-state index is -0.135. The molecule has 0 spiro atoms. The van der Waals surface area contributed by atoms with E-state index in [1.54, 1.807) is 0 Å². The first-order chi connectivity index (χ1) is 10.5. The summed E-state index contributed by atoms with van der Waals surface area (Å²) in [6, 6.07) is 12.4. The molecule has 114 valence electrons. The van der Waals surface area contributed by atoms with Crippen molar-refractivity contribution in [2.24, 2.45) is 0 Å². The average molecular weight is 294 g/mol. The quantitative estimate of drug-likeness (QED) is 0.891. The van der Waals surface area contributed by atoms with Gasteiger partial charge < -0.3 is 10.6 Å². The van der Waals surface area contributed by atoms with Gasteiger partial charge in [-0.15, -0.1) is 0 Å². The molecule has 2 aromatic rings. The number of carbonyl (C=O) groups excluding carboxylic acids is 1. The zero-order valence-electron chi connectivity index (χ0n) is 13.4. The van der Waals surface area contributed by atoms with Gasteiger partial charge in [-0.05, 0) is 60.7 Å². The molecule has 1 unspecified atom stereocenters. The molecule has 0 bridgehead atoms. The molecule has 0 saturated carbocycles. The van der Waals surface area contributed by atoms with Crippen LogP contribution in [0.4, 0.5) is 5.69 Å². The Morgan fingerprint density at radius 1 is 1.14 bits per heavy atom. The van der Waals surface area contributed by atoms with Crippen LogP contribution < -0.4 is 10.6 Å². The topological polar surface area (TPSA) is 41.1 Å². The molecule has 1 heterocycles. The number of hydrogen-bond acceptors (Lipinski definition) is 2. The van der Waals surface area contributed by atoms with Crippen molar-refractivity contribution in [3.63, 3.8) is 0 Å². The number of hydrogen-bond donors (Lipinski definition) is 2. The van der Waals surface area contributed by atoms with E-state index < -0.39 is 0 Å². The van der Waals surface area contributed by atoms with Gasteiger partial charge in [-0.2, -0.15) is 0 Å². The summed E-state index contributed by atoms with van der Waals surface area (Å²) in [5.74, 6) is -0.0754. The standard InChI is InChI=1S/C19H22N2O/c1-12-7-13(2)9-15(8-12)21-19(22)18-11-20-10-17-14(3)5-4-6-16(17)18/h4-9,18,20H,10-11H2,1-3H3,(H,21,22). The van der Waals surface area contributed by atoms with Gasteiger partial charge in [0.25, 0.3) is 0 Å². The fraction of sp³-hybridized carbons (Fsp3) is 0.316. The second-order valence-corrected chi connectivity index (χ2v) is 6.19. The van der Waals surface area contributed by atoms with E-state index in [-0.39, 0.29) is 11.8 Å². The predicted octanol–water partition coefficient (Wildman–Crippen LogP) is 3.44. The first-order valence-electron chi connectivity index (χ1n) is 7.73. The van der Waals surface area contributed by atoms with Crippen LogP contribution in [-0.2, 0) is 11.3 Å². The molecular formula is C19H22N2O. The van der Waals surface area contributed by atoms with E-state index in [9.17, 15) is 4.79 Å². The fourth-order valence-electron chi connectivity index (χ4n) is 3.25. The Bertz CT molecular complexity index is 701. The summed E-state index contributed by atoms with van der Waals surface area (Å²) in [5.41, 5.74) is 6.85. The van der Waals surface area contributed by atoms with Crippen LogP contribution >= 0.6 is 0 Å². The molecule has 1 aliphatic heterocycles. The molecule has 2 aromatic carbocycles. The molecule has 1 aliphatic rings. The second-order valence-electron chi connectivity index (χ2n) is 6.19. The van der Waals surface area contributed by atoms with Crippen LogP contribution in [0.2, 0.25) is 0 Å². The zero-order chi connectivity index (χ0) is 15.7. The van der Waals surface area contributed by atoms with Crippen LogP contribution in [0.3, 0.4) is 0 Å². The number of nitrogens with one attached hydrogen (secondary N) is 2. The number of rotatable bonds is 2. The van der Waals surface area contributed by atoms with E-state index in [1.165, 1.54) is 11.1 Å². The summed E-state index contributed by atoms with van der Waals surface area (Å²) in [5, 5.41) is 6.44. The summed E-state index contributed by atoms with van der Waals surface area (Å²) in [4.78, 5) is 12.7. The zero-order valence-corrected chi connectivity index (χ0v) is 13.4. The maximum absolute atomic E-state index is 12.7. The van der Waals surface area contributed by atoms with Gasteiger partial charge in [-0.1, -0.05) is 24.3 Å². The molecule has 0 aliphatic carbocycles. The Morgan fingerprint density at radius 2 is 1.86 bits per heavy atom. The van der Waals surface area contributed by atoms with Crippen molar-refractivity contribution in [2.75, 3.05) is 11.9 Å². The van der Waals surface area contributed by atoms with E-state index in [0.717, 1.165) is 28.9 Å². The van der Waals surface area contributed by atoms with Crippen molar-refractivity contribution in [1.29, 1.82) is 0 Å². The van der Waals surface area contributed by atoms with E-state index in [2.05, 4.69) is 35.8 Å². The summed E-state index contributed by atoms with van der Waals surface area (Å²) < 4.78 is 0. The van der Waals surface area contributed by atoms with E-state index in [1.807, 2.05) is 32.0 Å². The molecule has 1 atom stereocenters. The highest BCUT2D eigenvalue weighted by Gasteiger charge is 2.27. The van der Waals surface area contributed by atoms with Crippen molar-refractivity contribution in [3.05, 3.63) is 64.2 Å². The van der Waals surface area contributed by atoms with Gasteiger partial charge in [0.2, 0.25) is 5.91 Å². The molecular weight excluding hydrogens is 272 g/mol. The van der Waals surface area contributed by atoms with E-state index in [0.29, 0.717) is 6.54 Å². The molecule has 3 heteroatoms. The highest BCUT2D eigenvalue weighted by Crippen LogP contribution is 2.27. The molecule has 3 rings (SSSR count). The molecule has 0 saturated heterocycles. The lowest BCUT2D eigenvalue weighted by Gasteiger charge is -2.27. The van der Waals surface area contributed by atoms with Crippen molar-refractivity contribution >= 4 is 11.6 Å². The highest BCUT2D eigenvalue weighted by atomic mass is 16.1. The maximum atomic E-state index is 12.7. The number of carbonyl (C=O) groups is 1. The Hall–Kier alpha value is -2.13. The second kappa shape index (κ2) is 5.93. The van der Waals surface area contributed by atoms with Gasteiger partial charge >= 0.3 is 0 Å². The third-order valence-electron chi connectivity index (χ3n) is 4.28. The third-order valence-corrected chi connectivity index (χ3v) is 4.28. The van der Waals surface area contributed by atoms with Crippen LogP contribution in [0.15, 0.2) is 36.4 Å². The predicted molar refractivity (Wildman–Crippen MR) is 90.2 cm³/mol. The van der Waals surface area contributed by atoms with Crippen LogP contribution in [0.25, 0.3) is 0 Å². The van der Waals surface area contributed by atoms with Crippen molar-refractivity contribution < 1.29 is 4.79 Å². The maximum Gasteiger partial charge on any atom is 0.233 e. The Labute approximate surface area is 131 Å². The SMILES string of the molecule is Cc1cc(C)cc(NC(=O)C2CNCc3c(C)cccc32)c1. The summed E-state index contributed by atoms with van der Waals surface area (Å²) >= 11 is 0. The molecule has 0 aromatic heterocycles. The van der Waals surface area contributed by atoms with Gasteiger partial charge in [0.05, 0.1) is 5.92 Å². The van der Waals surface area contributed by atoms with Crippen molar-refractivity contribution in [3.8, 4) is 0 Å². The highest BCUT2D eigenvalue weighted by molar-refractivity contribution is 5.96. The summed E-state index contributed by atoms with van der Waals surface area (Å²) in [6.07, 6.45) is 0. The van der Waals surface area contributed by atoms with Crippen LogP contribution in [-0.4, -0.2) is 12.5 Å². The third kappa shape index (κ3) is 2.90. The minimum Gasteiger partial charge on any atom is -0.326 e. The lowest BCUT2D eigenvalue weighted by Crippen LogP contribution is -2.35. The average Bonchev–Trinajstić information content (AvgIpc) is 2.46. The smallest absolute Gasteiger partial charge is 0.233 e. The monoisotopic (exact) mass is 294 g/mol. The first-order valence-corrected chi connectivity index (χ1v) is 7.73. The van der Waals surface area contributed by atoms with Crippen LogP contribution in [0.5, 0.6) is 0 Å². The Morgan fingerprint density at radius 3 is 2.59 bits per heavy atom. The number of fused-ring (bicyclic) bond motifs is 1. The number of benzene rings is 2. The van der Waals surface area contributed by atoms with Gasteiger partial charge in [0.15, 0.2) is 0 Å². The number of aryl methyl sites for hydroxylation is 3. The lowest BCUT2D eigenvalue weighted by atomic mass is 9.87. The van der Waals surface area contributed by atoms with Crippen molar-refractivity contribution in [1.82, 2.24) is 5.32 Å². The van der Waals surface area contributed by atoms with Gasteiger partial charge in [0, 0.05) is 18.8 Å². The Balaban J connectivity index is 1.86. The Kier molecular flexibility index (Phi) is 3.99. The first kappa shape index (κ1) is 14.8. The summed E-state index contributed by atoms with van der Waals surface area (Å²) in [7, 11) is 0. The van der Waals surface area contributed by atoms with Gasteiger partial charge in [-0.3, -0.25) is 4.79 Å². The minimum absolute atomic E-state index is 0.0593. The number of amides is 1. The van der Waals surface area contributed by atoms with Crippen molar-refractivity contribution in [2.45, 2.75) is 33.2 Å². The largest absolute Gasteiger partial charge is 0.326 e. The molecule has 0 radical (unpaired) electrons. The van der Waals surface area contributed by atoms with E-state index >= 15 is 0 Å². The molecule has 22 heavy (non-hydrogen) atoms. The van der Waals surface area contributed by atoms with Crippen LogP contribution in [0, 0.1) is 20.8 Å². The molecule has 1 amide bonds. The molecule has 3 nitrogen and oxygen atoms in total. The molecule has 0 fully saturated rings. The number of anilines is 1. The lowest BCUT2D eigenvalue weighted by molar-refractivity contribution is -0.117. The van der Waals surface area contributed by atoms with Gasteiger partial charge in [-0.25, -0.2) is 0 Å². The normalized spacial score (nSPS) is 17.0. The summed E-state index contributed by atoms with van der Waals surface area (Å²) in [6.45, 7) is 7.72.